The van der Waals surface area contributed by atoms with Crippen LogP contribution in [0.15, 0.2) is 48.5 Å². The molecule has 0 aliphatic heterocycles. The molecule has 0 unspecified atom stereocenters. The summed E-state index contributed by atoms with van der Waals surface area (Å²) in [6, 6.07) is 11.1. The molecule has 2 atom stereocenters. The molecular weight excluding hydrogens is 372 g/mol. The number of carbonyl (C=O) groups excluding carboxylic acids is 2. The second kappa shape index (κ2) is 8.71. The summed E-state index contributed by atoms with van der Waals surface area (Å²) in [6.45, 7) is 2.24. The van der Waals surface area contributed by atoms with Crippen molar-refractivity contribution in [3.05, 3.63) is 79.9 Å². The molecular formula is C18H16N2O8. The zero-order chi connectivity index (χ0) is 20.8. The first-order chi connectivity index (χ1) is 13.2. The summed E-state index contributed by atoms with van der Waals surface area (Å²) in [7, 11) is 0. The summed E-state index contributed by atoms with van der Waals surface area (Å²) in [4.78, 5) is 44.2. The first-order valence-electron chi connectivity index (χ1n) is 8.02. The standard InChI is InChI=1S/C18H16N2O8/c1-11(21)27-17(13-6-4-3-5-7-13)18(28-12(2)22)15-9-8-14(19(23)24)10-16(15)20(25)26/h3-10,17-18H,1-2H3/t17-,18+/m1/s1. The number of hydrogen-bond acceptors (Lipinski definition) is 8. The maximum absolute atomic E-state index is 11.7. The maximum atomic E-state index is 11.7. The Bertz CT molecular complexity index is 913. The lowest BCUT2D eigenvalue weighted by atomic mass is 9.96. The van der Waals surface area contributed by atoms with Gasteiger partial charge in [-0.3, -0.25) is 29.8 Å². The van der Waals surface area contributed by atoms with Gasteiger partial charge in [0, 0.05) is 19.9 Å². The third kappa shape index (κ3) is 4.87. The van der Waals surface area contributed by atoms with Gasteiger partial charge in [-0.15, -0.1) is 0 Å². The summed E-state index contributed by atoms with van der Waals surface area (Å²) in [6.07, 6.45) is -2.58. The molecule has 0 heterocycles. The van der Waals surface area contributed by atoms with Crippen molar-refractivity contribution >= 4 is 23.3 Å². The van der Waals surface area contributed by atoms with Gasteiger partial charge in [-0.1, -0.05) is 30.3 Å². The number of ether oxygens (including phenoxy) is 2. The maximum Gasteiger partial charge on any atom is 0.303 e. The van der Waals surface area contributed by atoms with Gasteiger partial charge in [-0.05, 0) is 11.6 Å². The molecule has 0 bridgehead atoms. The fourth-order valence-electron chi connectivity index (χ4n) is 2.64. The van der Waals surface area contributed by atoms with Gasteiger partial charge in [0.15, 0.2) is 12.2 Å². The van der Waals surface area contributed by atoms with Gasteiger partial charge in [0.05, 0.1) is 21.5 Å². The molecule has 0 radical (unpaired) electrons. The van der Waals surface area contributed by atoms with Crippen molar-refractivity contribution < 1.29 is 28.9 Å². The average molecular weight is 388 g/mol. The molecule has 2 aromatic carbocycles. The molecule has 0 saturated heterocycles. The molecule has 28 heavy (non-hydrogen) atoms. The van der Waals surface area contributed by atoms with Gasteiger partial charge >= 0.3 is 11.9 Å². The van der Waals surface area contributed by atoms with Crippen molar-refractivity contribution in [3.8, 4) is 0 Å². The fourth-order valence-corrected chi connectivity index (χ4v) is 2.64. The first kappa shape index (κ1) is 20.5. The second-order valence-electron chi connectivity index (χ2n) is 5.73. The zero-order valence-electron chi connectivity index (χ0n) is 14.9. The molecule has 2 rings (SSSR count). The quantitative estimate of drug-likeness (QED) is 0.399. The van der Waals surface area contributed by atoms with E-state index in [9.17, 15) is 29.8 Å². The highest BCUT2D eigenvalue weighted by molar-refractivity contribution is 5.68. The number of carbonyl (C=O) groups is 2. The Labute approximate surface area is 159 Å². The summed E-state index contributed by atoms with van der Waals surface area (Å²) >= 11 is 0. The van der Waals surface area contributed by atoms with Gasteiger partial charge < -0.3 is 9.47 Å². The molecule has 2 aromatic rings. The van der Waals surface area contributed by atoms with Crippen LogP contribution in [0.25, 0.3) is 0 Å². The highest BCUT2D eigenvalue weighted by Gasteiger charge is 2.36. The molecule has 0 N–H and O–H groups in total. The van der Waals surface area contributed by atoms with Crippen molar-refractivity contribution in [2.24, 2.45) is 0 Å². The van der Waals surface area contributed by atoms with Crippen LogP contribution in [-0.2, 0) is 19.1 Å². The summed E-state index contributed by atoms with van der Waals surface area (Å²) in [5.74, 6) is -1.47. The molecule has 0 fully saturated rings. The monoisotopic (exact) mass is 388 g/mol. The average Bonchev–Trinajstić information content (AvgIpc) is 2.64. The fraction of sp³-hybridized carbons (Fsp3) is 0.222. The number of nitro groups is 2. The number of non-ortho nitro benzene ring substituents is 1. The van der Waals surface area contributed by atoms with E-state index in [-0.39, 0.29) is 5.56 Å². The van der Waals surface area contributed by atoms with E-state index in [4.69, 9.17) is 9.47 Å². The van der Waals surface area contributed by atoms with Crippen molar-refractivity contribution in [2.75, 3.05) is 0 Å². The molecule has 0 amide bonds. The van der Waals surface area contributed by atoms with E-state index in [1.165, 1.54) is 0 Å². The van der Waals surface area contributed by atoms with Crippen molar-refractivity contribution in [1.29, 1.82) is 0 Å². The molecule has 0 saturated carbocycles. The highest BCUT2D eigenvalue weighted by Crippen LogP contribution is 2.40. The zero-order valence-corrected chi connectivity index (χ0v) is 14.9. The summed E-state index contributed by atoms with van der Waals surface area (Å²) in [5.41, 5.74) is -0.841. The van der Waals surface area contributed by atoms with E-state index in [0.717, 1.165) is 32.0 Å². The Morgan fingerprint density at radius 3 is 1.93 bits per heavy atom. The Kier molecular flexibility index (Phi) is 6.38. The van der Waals surface area contributed by atoms with Gasteiger partial charge in [-0.2, -0.15) is 0 Å². The van der Waals surface area contributed by atoms with Gasteiger partial charge in [0.1, 0.15) is 0 Å². The first-order valence-corrected chi connectivity index (χ1v) is 8.02. The topological polar surface area (TPSA) is 139 Å². The normalized spacial score (nSPS) is 12.5. The Hall–Kier alpha value is -3.82. The SMILES string of the molecule is CC(=O)O[C@H](c1ccccc1)[C@@H](OC(C)=O)c1ccc([N+](=O)[O-])cc1[N+](=O)[O-]. The van der Waals surface area contributed by atoms with E-state index in [1.54, 1.807) is 30.3 Å². The second-order valence-corrected chi connectivity index (χ2v) is 5.73. The van der Waals surface area contributed by atoms with E-state index in [1.807, 2.05) is 0 Å². The van der Waals surface area contributed by atoms with Gasteiger partial charge in [-0.25, -0.2) is 0 Å². The van der Waals surface area contributed by atoms with Crippen LogP contribution in [0.4, 0.5) is 11.4 Å². The number of hydrogen-bond donors (Lipinski definition) is 0. The minimum atomic E-state index is -1.38. The molecule has 10 heteroatoms. The number of benzene rings is 2. The molecule has 10 nitrogen and oxygen atoms in total. The van der Waals surface area contributed by atoms with E-state index < -0.39 is 45.4 Å². The number of rotatable bonds is 7. The largest absolute Gasteiger partial charge is 0.453 e. The van der Waals surface area contributed by atoms with Crippen LogP contribution in [0.3, 0.4) is 0 Å². The minimum absolute atomic E-state index is 0.138. The predicted octanol–water partition coefficient (Wildman–Crippen LogP) is 3.41. The van der Waals surface area contributed by atoms with Crippen molar-refractivity contribution in [2.45, 2.75) is 26.1 Å². The lowest BCUT2D eigenvalue weighted by Crippen LogP contribution is -2.22. The van der Waals surface area contributed by atoms with Crippen LogP contribution in [0, 0.1) is 20.2 Å². The van der Waals surface area contributed by atoms with E-state index >= 15 is 0 Å². The van der Waals surface area contributed by atoms with Crippen LogP contribution in [-0.4, -0.2) is 21.8 Å². The van der Waals surface area contributed by atoms with E-state index in [0.29, 0.717) is 5.56 Å². The smallest absolute Gasteiger partial charge is 0.303 e. The lowest BCUT2D eigenvalue weighted by Gasteiger charge is -2.26. The minimum Gasteiger partial charge on any atom is -0.453 e. The van der Waals surface area contributed by atoms with Crippen molar-refractivity contribution in [3.63, 3.8) is 0 Å². The third-order valence-electron chi connectivity index (χ3n) is 3.72. The molecule has 0 spiro atoms. The summed E-state index contributed by atoms with van der Waals surface area (Å²) in [5, 5.41) is 22.5. The number of nitrogens with zero attached hydrogens (tertiary/aromatic N) is 2. The molecule has 146 valence electrons. The predicted molar refractivity (Wildman–Crippen MR) is 95.2 cm³/mol. The van der Waals surface area contributed by atoms with Crippen LogP contribution in [0.5, 0.6) is 0 Å². The van der Waals surface area contributed by atoms with Crippen LogP contribution < -0.4 is 0 Å². The third-order valence-corrected chi connectivity index (χ3v) is 3.72. The Morgan fingerprint density at radius 2 is 1.43 bits per heavy atom. The van der Waals surface area contributed by atoms with Gasteiger partial charge in [0.25, 0.3) is 11.4 Å². The van der Waals surface area contributed by atoms with Crippen LogP contribution >= 0.6 is 0 Å². The Balaban J connectivity index is 2.67. The molecule has 0 aliphatic rings. The number of esters is 2. The van der Waals surface area contributed by atoms with Gasteiger partial charge in [0.2, 0.25) is 0 Å². The molecule has 0 aromatic heterocycles. The Morgan fingerprint density at radius 1 is 0.857 bits per heavy atom. The van der Waals surface area contributed by atoms with Crippen LogP contribution in [0.1, 0.15) is 37.2 Å². The number of nitro benzene ring substituents is 2. The van der Waals surface area contributed by atoms with E-state index in [2.05, 4.69) is 0 Å². The summed E-state index contributed by atoms with van der Waals surface area (Å²) < 4.78 is 10.5. The van der Waals surface area contributed by atoms with Crippen molar-refractivity contribution in [1.82, 2.24) is 0 Å². The van der Waals surface area contributed by atoms with Crippen LogP contribution in [0.2, 0.25) is 0 Å². The highest BCUT2D eigenvalue weighted by atomic mass is 16.6. The molecule has 0 aliphatic carbocycles. The lowest BCUT2D eigenvalue weighted by molar-refractivity contribution is -0.395.